The summed E-state index contributed by atoms with van der Waals surface area (Å²) in [5.41, 5.74) is 2.28. The van der Waals surface area contributed by atoms with Gasteiger partial charge in [0, 0.05) is 11.7 Å². The molecule has 1 rings (SSSR count). The van der Waals surface area contributed by atoms with Crippen molar-refractivity contribution in [1.82, 2.24) is 5.32 Å². The van der Waals surface area contributed by atoms with Crippen LogP contribution in [0.3, 0.4) is 0 Å². The van der Waals surface area contributed by atoms with Gasteiger partial charge >= 0.3 is 0 Å². The average Bonchev–Trinajstić information content (AvgIpc) is 2.25. The van der Waals surface area contributed by atoms with E-state index in [0.29, 0.717) is 12.5 Å². The summed E-state index contributed by atoms with van der Waals surface area (Å²) >= 11 is 0. The van der Waals surface area contributed by atoms with Gasteiger partial charge in [-0.25, -0.2) is 0 Å². The van der Waals surface area contributed by atoms with Crippen LogP contribution < -0.4 is 10.6 Å². The SMILES string of the molecule is CC(C)NC(=O)CNc1ccccc1C(C)C. The van der Waals surface area contributed by atoms with Crippen molar-refractivity contribution in [2.45, 2.75) is 39.7 Å². The third kappa shape index (κ3) is 4.47. The Morgan fingerprint density at radius 3 is 2.41 bits per heavy atom. The van der Waals surface area contributed by atoms with Gasteiger partial charge in [0.05, 0.1) is 6.54 Å². The molecule has 0 aliphatic carbocycles. The van der Waals surface area contributed by atoms with E-state index in [4.69, 9.17) is 0 Å². The Morgan fingerprint density at radius 2 is 1.82 bits per heavy atom. The van der Waals surface area contributed by atoms with Crippen LogP contribution >= 0.6 is 0 Å². The van der Waals surface area contributed by atoms with Crippen molar-refractivity contribution in [1.29, 1.82) is 0 Å². The van der Waals surface area contributed by atoms with Crippen LogP contribution in [-0.2, 0) is 4.79 Å². The zero-order valence-electron chi connectivity index (χ0n) is 11.1. The zero-order valence-corrected chi connectivity index (χ0v) is 11.1. The summed E-state index contributed by atoms with van der Waals surface area (Å²) in [7, 11) is 0. The van der Waals surface area contributed by atoms with Gasteiger partial charge in [-0.3, -0.25) is 4.79 Å². The van der Waals surface area contributed by atoms with Gasteiger partial charge in [-0.05, 0) is 31.4 Å². The molecule has 3 nitrogen and oxygen atoms in total. The smallest absolute Gasteiger partial charge is 0.239 e. The Balaban J connectivity index is 2.60. The monoisotopic (exact) mass is 234 g/mol. The summed E-state index contributed by atoms with van der Waals surface area (Å²) in [6.45, 7) is 8.53. The zero-order chi connectivity index (χ0) is 12.8. The van der Waals surface area contributed by atoms with Crippen LogP contribution in [0, 0.1) is 0 Å². The van der Waals surface area contributed by atoms with Gasteiger partial charge in [-0.15, -0.1) is 0 Å². The predicted molar refractivity (Wildman–Crippen MR) is 72.3 cm³/mol. The molecule has 0 unspecified atom stereocenters. The Hall–Kier alpha value is -1.51. The van der Waals surface area contributed by atoms with E-state index in [0.717, 1.165) is 5.69 Å². The van der Waals surface area contributed by atoms with Gasteiger partial charge in [-0.1, -0.05) is 32.0 Å². The van der Waals surface area contributed by atoms with Gasteiger partial charge in [-0.2, -0.15) is 0 Å². The lowest BCUT2D eigenvalue weighted by atomic mass is 10.0. The van der Waals surface area contributed by atoms with E-state index in [1.807, 2.05) is 32.0 Å². The van der Waals surface area contributed by atoms with Crippen molar-refractivity contribution in [2.75, 3.05) is 11.9 Å². The summed E-state index contributed by atoms with van der Waals surface area (Å²) in [5.74, 6) is 0.477. The lowest BCUT2D eigenvalue weighted by molar-refractivity contribution is -0.119. The van der Waals surface area contributed by atoms with Crippen LogP contribution in [0.5, 0.6) is 0 Å². The van der Waals surface area contributed by atoms with E-state index in [2.05, 4.69) is 30.5 Å². The number of rotatable bonds is 5. The van der Waals surface area contributed by atoms with Crippen LogP contribution in [-0.4, -0.2) is 18.5 Å². The molecule has 0 aromatic heterocycles. The van der Waals surface area contributed by atoms with Crippen LogP contribution in [0.1, 0.15) is 39.2 Å². The standard InChI is InChI=1S/C14H22N2O/c1-10(2)12-7-5-6-8-13(12)15-9-14(17)16-11(3)4/h5-8,10-11,15H,9H2,1-4H3,(H,16,17). The maximum Gasteiger partial charge on any atom is 0.239 e. The number of anilines is 1. The van der Waals surface area contributed by atoms with E-state index >= 15 is 0 Å². The molecule has 0 saturated carbocycles. The molecule has 17 heavy (non-hydrogen) atoms. The second-order valence-electron chi connectivity index (χ2n) is 4.82. The summed E-state index contributed by atoms with van der Waals surface area (Å²) in [4.78, 5) is 11.5. The molecule has 0 aliphatic rings. The maximum atomic E-state index is 11.5. The molecule has 0 radical (unpaired) electrons. The molecule has 94 valence electrons. The van der Waals surface area contributed by atoms with Gasteiger partial charge in [0.15, 0.2) is 0 Å². The summed E-state index contributed by atoms with van der Waals surface area (Å²) < 4.78 is 0. The topological polar surface area (TPSA) is 41.1 Å². The first kappa shape index (κ1) is 13.6. The molecule has 0 aliphatic heterocycles. The van der Waals surface area contributed by atoms with Crippen molar-refractivity contribution >= 4 is 11.6 Å². The van der Waals surface area contributed by atoms with Gasteiger partial charge < -0.3 is 10.6 Å². The fourth-order valence-corrected chi connectivity index (χ4v) is 1.71. The first-order valence-electron chi connectivity index (χ1n) is 6.13. The van der Waals surface area contributed by atoms with E-state index < -0.39 is 0 Å². The summed E-state index contributed by atoms with van der Waals surface area (Å²) in [6, 6.07) is 8.29. The number of nitrogens with one attached hydrogen (secondary N) is 2. The minimum Gasteiger partial charge on any atom is -0.376 e. The number of carbonyl (C=O) groups excluding carboxylic acids is 1. The summed E-state index contributed by atoms with van der Waals surface area (Å²) in [6.07, 6.45) is 0. The number of amides is 1. The normalized spacial score (nSPS) is 10.7. The lowest BCUT2D eigenvalue weighted by Crippen LogP contribution is -2.34. The van der Waals surface area contributed by atoms with E-state index in [1.54, 1.807) is 0 Å². The summed E-state index contributed by atoms with van der Waals surface area (Å²) in [5, 5.41) is 6.05. The van der Waals surface area contributed by atoms with Crippen molar-refractivity contribution in [3.05, 3.63) is 29.8 Å². The van der Waals surface area contributed by atoms with Gasteiger partial charge in [0.1, 0.15) is 0 Å². The van der Waals surface area contributed by atoms with E-state index in [1.165, 1.54) is 5.56 Å². The highest BCUT2D eigenvalue weighted by Gasteiger charge is 2.07. The van der Waals surface area contributed by atoms with Crippen molar-refractivity contribution in [3.8, 4) is 0 Å². The molecule has 2 N–H and O–H groups in total. The number of para-hydroxylation sites is 1. The predicted octanol–water partition coefficient (Wildman–Crippen LogP) is 2.75. The van der Waals surface area contributed by atoms with Crippen molar-refractivity contribution in [3.63, 3.8) is 0 Å². The second kappa shape index (κ2) is 6.28. The first-order chi connectivity index (χ1) is 8.00. The number of benzene rings is 1. The minimum atomic E-state index is 0.0264. The fraction of sp³-hybridized carbons (Fsp3) is 0.500. The molecule has 0 fully saturated rings. The lowest BCUT2D eigenvalue weighted by Gasteiger charge is -2.15. The highest BCUT2D eigenvalue weighted by atomic mass is 16.1. The number of hydrogen-bond acceptors (Lipinski definition) is 2. The van der Waals surface area contributed by atoms with Crippen molar-refractivity contribution in [2.24, 2.45) is 0 Å². The Labute approximate surface area is 104 Å². The molecular weight excluding hydrogens is 212 g/mol. The Bertz CT molecular complexity index is 372. The van der Waals surface area contributed by atoms with Crippen LogP contribution in [0.4, 0.5) is 5.69 Å². The van der Waals surface area contributed by atoms with Crippen LogP contribution in [0.2, 0.25) is 0 Å². The second-order valence-corrected chi connectivity index (χ2v) is 4.82. The minimum absolute atomic E-state index is 0.0264. The van der Waals surface area contributed by atoms with Gasteiger partial charge in [0.2, 0.25) is 5.91 Å². The maximum absolute atomic E-state index is 11.5. The molecule has 0 heterocycles. The fourth-order valence-electron chi connectivity index (χ4n) is 1.71. The molecule has 0 atom stereocenters. The average molecular weight is 234 g/mol. The van der Waals surface area contributed by atoms with Crippen LogP contribution in [0.15, 0.2) is 24.3 Å². The molecule has 1 aromatic rings. The molecular formula is C14H22N2O. The molecule has 0 saturated heterocycles. The largest absolute Gasteiger partial charge is 0.376 e. The first-order valence-corrected chi connectivity index (χ1v) is 6.13. The molecule has 1 aromatic carbocycles. The molecule has 0 spiro atoms. The van der Waals surface area contributed by atoms with Crippen LogP contribution in [0.25, 0.3) is 0 Å². The van der Waals surface area contributed by atoms with E-state index in [9.17, 15) is 4.79 Å². The number of carbonyl (C=O) groups is 1. The third-order valence-electron chi connectivity index (χ3n) is 2.47. The van der Waals surface area contributed by atoms with E-state index in [-0.39, 0.29) is 11.9 Å². The van der Waals surface area contributed by atoms with Gasteiger partial charge in [0.25, 0.3) is 0 Å². The third-order valence-corrected chi connectivity index (χ3v) is 2.47. The quantitative estimate of drug-likeness (QED) is 0.822. The molecule has 1 amide bonds. The van der Waals surface area contributed by atoms with Crippen molar-refractivity contribution < 1.29 is 4.79 Å². The Kier molecular flexibility index (Phi) is 5.01. The molecule has 3 heteroatoms. The molecule has 0 bridgehead atoms. The highest BCUT2D eigenvalue weighted by molar-refractivity contribution is 5.81. The highest BCUT2D eigenvalue weighted by Crippen LogP contribution is 2.23. The number of hydrogen-bond donors (Lipinski definition) is 2. The Morgan fingerprint density at radius 1 is 1.18 bits per heavy atom.